The van der Waals surface area contributed by atoms with Crippen LogP contribution < -0.4 is 0 Å². The molecule has 17 heavy (non-hydrogen) atoms. The van der Waals surface area contributed by atoms with E-state index in [9.17, 15) is 4.79 Å². The van der Waals surface area contributed by atoms with Gasteiger partial charge in [0.05, 0.1) is 0 Å². The Kier molecular flexibility index (Phi) is 4.24. The summed E-state index contributed by atoms with van der Waals surface area (Å²) >= 11 is 0. The molecule has 0 saturated heterocycles. The van der Waals surface area contributed by atoms with Gasteiger partial charge in [0.2, 0.25) is 0 Å². The minimum Gasteiger partial charge on any atom is -0.303 e. The zero-order valence-electron chi connectivity index (χ0n) is 11.5. The maximum atomic E-state index is 11.4. The van der Waals surface area contributed by atoms with Crippen molar-refractivity contribution >= 4 is 6.29 Å². The van der Waals surface area contributed by atoms with Gasteiger partial charge in [0.25, 0.3) is 0 Å². The second kappa shape index (κ2) is 5.51. The third kappa shape index (κ3) is 3.09. The smallest absolute Gasteiger partial charge is 0.127 e. The number of aldehydes is 1. The molecule has 2 saturated carbocycles. The molecular formula is C15H27NO. The molecule has 0 aromatic rings. The molecule has 0 N–H and O–H groups in total. The van der Waals surface area contributed by atoms with Gasteiger partial charge in [0, 0.05) is 18.0 Å². The number of nitrogens with zero attached hydrogens (tertiary/aromatic N) is 1. The highest BCUT2D eigenvalue weighted by molar-refractivity contribution is 5.60. The number of rotatable bonds is 4. The second-order valence-corrected chi connectivity index (χ2v) is 6.52. The van der Waals surface area contributed by atoms with Crippen LogP contribution in [0.4, 0.5) is 0 Å². The van der Waals surface area contributed by atoms with E-state index in [1.54, 1.807) is 0 Å². The minimum atomic E-state index is -0.00217. The van der Waals surface area contributed by atoms with Crippen LogP contribution in [0.2, 0.25) is 0 Å². The summed E-state index contributed by atoms with van der Waals surface area (Å²) in [7, 11) is 2.23. The third-order valence-corrected chi connectivity index (χ3v) is 5.02. The van der Waals surface area contributed by atoms with Crippen molar-refractivity contribution in [3.8, 4) is 0 Å². The Labute approximate surface area is 106 Å². The van der Waals surface area contributed by atoms with Crippen LogP contribution in [0.3, 0.4) is 0 Å². The Morgan fingerprint density at radius 2 is 1.76 bits per heavy atom. The molecule has 2 aliphatic carbocycles. The number of carbonyl (C=O) groups excluding carboxylic acids is 1. The fourth-order valence-electron chi connectivity index (χ4n) is 3.70. The summed E-state index contributed by atoms with van der Waals surface area (Å²) in [5.74, 6) is 0.908. The van der Waals surface area contributed by atoms with Gasteiger partial charge in [-0.25, -0.2) is 0 Å². The fourth-order valence-corrected chi connectivity index (χ4v) is 3.70. The van der Waals surface area contributed by atoms with E-state index < -0.39 is 0 Å². The molecule has 0 radical (unpaired) electrons. The molecule has 2 heteroatoms. The van der Waals surface area contributed by atoms with Gasteiger partial charge in [-0.2, -0.15) is 0 Å². The lowest BCUT2D eigenvalue weighted by atomic mass is 9.83. The van der Waals surface area contributed by atoms with Gasteiger partial charge in [-0.1, -0.05) is 19.8 Å². The van der Waals surface area contributed by atoms with Crippen molar-refractivity contribution in [2.75, 3.05) is 13.6 Å². The molecular weight excluding hydrogens is 210 g/mol. The van der Waals surface area contributed by atoms with Crippen molar-refractivity contribution in [1.29, 1.82) is 0 Å². The summed E-state index contributed by atoms with van der Waals surface area (Å²) in [5, 5.41) is 0. The van der Waals surface area contributed by atoms with Gasteiger partial charge in [-0.05, 0) is 51.5 Å². The molecule has 0 amide bonds. The van der Waals surface area contributed by atoms with Gasteiger partial charge in [-0.3, -0.25) is 0 Å². The Hall–Kier alpha value is -0.370. The van der Waals surface area contributed by atoms with Crippen LogP contribution in [-0.2, 0) is 4.79 Å². The molecule has 0 atom stereocenters. The van der Waals surface area contributed by atoms with E-state index in [0.29, 0.717) is 0 Å². The molecule has 0 spiro atoms. The average Bonchev–Trinajstić information content (AvgIpc) is 2.79. The van der Waals surface area contributed by atoms with Crippen LogP contribution in [0.1, 0.15) is 58.3 Å². The monoisotopic (exact) mass is 237 g/mol. The topological polar surface area (TPSA) is 20.3 Å². The highest BCUT2D eigenvalue weighted by atomic mass is 16.1. The van der Waals surface area contributed by atoms with Crippen LogP contribution in [0.15, 0.2) is 0 Å². The van der Waals surface area contributed by atoms with Crippen molar-refractivity contribution in [1.82, 2.24) is 4.90 Å². The van der Waals surface area contributed by atoms with Crippen molar-refractivity contribution < 1.29 is 4.79 Å². The summed E-state index contributed by atoms with van der Waals surface area (Å²) in [6, 6.07) is 0.726. The summed E-state index contributed by atoms with van der Waals surface area (Å²) in [5.41, 5.74) is -0.00217. The van der Waals surface area contributed by atoms with Crippen LogP contribution in [-0.4, -0.2) is 30.8 Å². The Balaban J connectivity index is 1.87. The molecule has 2 fully saturated rings. The molecule has 0 aromatic carbocycles. The summed E-state index contributed by atoms with van der Waals surface area (Å²) in [6.07, 6.45) is 11.4. The third-order valence-electron chi connectivity index (χ3n) is 5.02. The highest BCUT2D eigenvalue weighted by Gasteiger charge is 2.36. The van der Waals surface area contributed by atoms with E-state index in [1.165, 1.54) is 44.8 Å². The first-order chi connectivity index (χ1) is 8.15. The van der Waals surface area contributed by atoms with Gasteiger partial charge in [0.15, 0.2) is 0 Å². The van der Waals surface area contributed by atoms with Gasteiger partial charge < -0.3 is 9.69 Å². The standard InChI is InChI=1S/C15H27NO/c1-13-5-7-14(8-6-13)16(2)11-15(12-17)9-3-4-10-15/h12-14H,3-11H2,1-2H3. The van der Waals surface area contributed by atoms with E-state index in [0.717, 1.165) is 31.3 Å². The Morgan fingerprint density at radius 3 is 2.29 bits per heavy atom. The molecule has 0 bridgehead atoms. The number of hydrogen-bond donors (Lipinski definition) is 0. The molecule has 98 valence electrons. The van der Waals surface area contributed by atoms with E-state index in [-0.39, 0.29) is 5.41 Å². The fraction of sp³-hybridized carbons (Fsp3) is 0.933. The average molecular weight is 237 g/mol. The quantitative estimate of drug-likeness (QED) is 0.700. The normalized spacial score (nSPS) is 32.9. The van der Waals surface area contributed by atoms with Crippen molar-refractivity contribution in [2.45, 2.75) is 64.3 Å². The molecule has 0 heterocycles. The molecule has 0 aliphatic heterocycles. The maximum absolute atomic E-state index is 11.4. The second-order valence-electron chi connectivity index (χ2n) is 6.52. The lowest BCUT2D eigenvalue weighted by molar-refractivity contribution is -0.117. The van der Waals surface area contributed by atoms with Gasteiger partial charge in [-0.15, -0.1) is 0 Å². The molecule has 0 aromatic heterocycles. The van der Waals surface area contributed by atoms with E-state index in [4.69, 9.17) is 0 Å². The van der Waals surface area contributed by atoms with Crippen LogP contribution in [0.5, 0.6) is 0 Å². The largest absolute Gasteiger partial charge is 0.303 e. The Bertz CT molecular complexity index is 250. The van der Waals surface area contributed by atoms with Crippen LogP contribution >= 0.6 is 0 Å². The number of carbonyl (C=O) groups is 1. The molecule has 2 aliphatic rings. The predicted octanol–water partition coefficient (Wildman–Crippen LogP) is 3.26. The van der Waals surface area contributed by atoms with E-state index in [2.05, 4.69) is 18.9 Å². The Morgan fingerprint density at radius 1 is 1.18 bits per heavy atom. The summed E-state index contributed by atoms with van der Waals surface area (Å²) in [6.45, 7) is 3.36. The summed E-state index contributed by atoms with van der Waals surface area (Å²) in [4.78, 5) is 13.9. The maximum Gasteiger partial charge on any atom is 0.127 e. The molecule has 0 unspecified atom stereocenters. The molecule has 2 rings (SSSR count). The van der Waals surface area contributed by atoms with Crippen LogP contribution in [0, 0.1) is 11.3 Å². The van der Waals surface area contributed by atoms with Crippen molar-refractivity contribution in [2.24, 2.45) is 11.3 Å². The first-order valence-electron chi connectivity index (χ1n) is 7.32. The van der Waals surface area contributed by atoms with Crippen LogP contribution in [0.25, 0.3) is 0 Å². The lowest BCUT2D eigenvalue weighted by Gasteiger charge is -2.37. The zero-order valence-corrected chi connectivity index (χ0v) is 11.5. The van der Waals surface area contributed by atoms with Gasteiger partial charge >= 0.3 is 0 Å². The summed E-state index contributed by atoms with van der Waals surface area (Å²) < 4.78 is 0. The highest BCUT2D eigenvalue weighted by Crippen LogP contribution is 2.38. The van der Waals surface area contributed by atoms with Gasteiger partial charge in [0.1, 0.15) is 6.29 Å². The zero-order chi connectivity index (χ0) is 12.3. The molecule has 2 nitrogen and oxygen atoms in total. The predicted molar refractivity (Wildman–Crippen MR) is 71.0 cm³/mol. The first kappa shape index (κ1) is 13.1. The SMILES string of the molecule is CC1CCC(N(C)CC2(C=O)CCCC2)CC1. The first-order valence-corrected chi connectivity index (χ1v) is 7.32. The number of hydrogen-bond acceptors (Lipinski definition) is 2. The van der Waals surface area contributed by atoms with E-state index in [1.807, 2.05) is 0 Å². The van der Waals surface area contributed by atoms with Crippen molar-refractivity contribution in [3.63, 3.8) is 0 Å². The lowest BCUT2D eigenvalue weighted by Crippen LogP contribution is -2.42. The van der Waals surface area contributed by atoms with E-state index >= 15 is 0 Å². The minimum absolute atomic E-state index is 0.00217. The van der Waals surface area contributed by atoms with Crippen molar-refractivity contribution in [3.05, 3.63) is 0 Å².